The number of hydrogen-bond donors (Lipinski definition) is 1. The second-order valence-electron chi connectivity index (χ2n) is 5.35. The van der Waals surface area contributed by atoms with Crippen molar-refractivity contribution >= 4 is 5.78 Å². The van der Waals surface area contributed by atoms with Gasteiger partial charge in [-0.3, -0.25) is 4.79 Å². The zero-order valence-corrected chi connectivity index (χ0v) is 11.9. The molecule has 0 bridgehead atoms. The average molecular weight is 256 g/mol. The van der Waals surface area contributed by atoms with Crippen LogP contribution in [0.1, 0.15) is 43.6 Å². The van der Waals surface area contributed by atoms with Gasteiger partial charge in [0, 0.05) is 5.56 Å². The molecule has 100 valence electrons. The molecule has 3 heteroatoms. The Hall–Kier alpha value is -1.90. The summed E-state index contributed by atoms with van der Waals surface area (Å²) >= 11 is 0. The van der Waals surface area contributed by atoms with Crippen molar-refractivity contribution in [3.05, 3.63) is 41.3 Å². The predicted molar refractivity (Wildman–Crippen MR) is 77.2 cm³/mol. The molecule has 0 fully saturated rings. The molecule has 2 rings (SSSR count). The van der Waals surface area contributed by atoms with Crippen molar-refractivity contribution in [2.45, 2.75) is 40.0 Å². The molecular formula is C16H20N2O. The summed E-state index contributed by atoms with van der Waals surface area (Å²) in [4.78, 5) is 18.6. The smallest absolute Gasteiger partial charge is 0.137 e. The largest absolute Gasteiger partial charge is 0.342 e. The molecule has 1 aromatic carbocycles. The van der Waals surface area contributed by atoms with E-state index in [1.807, 2.05) is 6.20 Å². The van der Waals surface area contributed by atoms with Crippen molar-refractivity contribution in [2.75, 3.05) is 0 Å². The van der Waals surface area contributed by atoms with Crippen molar-refractivity contribution in [3.8, 4) is 11.3 Å². The Morgan fingerprint density at radius 1 is 1.37 bits per heavy atom. The maximum atomic E-state index is 11.1. The number of nitrogens with one attached hydrogen (secondary N) is 1. The van der Waals surface area contributed by atoms with Crippen LogP contribution in [0.2, 0.25) is 0 Å². The quantitative estimate of drug-likeness (QED) is 0.907. The van der Waals surface area contributed by atoms with Gasteiger partial charge in [0.05, 0.1) is 18.3 Å². The zero-order valence-electron chi connectivity index (χ0n) is 11.9. The molecule has 0 unspecified atom stereocenters. The number of hydrogen-bond acceptors (Lipinski definition) is 2. The molecule has 0 saturated heterocycles. The van der Waals surface area contributed by atoms with Crippen LogP contribution in [0.15, 0.2) is 24.4 Å². The van der Waals surface area contributed by atoms with Crippen molar-refractivity contribution in [1.82, 2.24) is 9.97 Å². The van der Waals surface area contributed by atoms with Crippen LogP contribution in [0.3, 0.4) is 0 Å². The number of carbonyl (C=O) groups excluding carboxylic acids is 1. The zero-order chi connectivity index (χ0) is 14.0. The third-order valence-electron chi connectivity index (χ3n) is 3.26. The fourth-order valence-electron chi connectivity index (χ4n) is 2.11. The molecule has 0 amide bonds. The standard InChI is InChI=1S/C16H20N2O/c1-10(2)13-6-5-11(3)14(8-13)15-9-17-16(18-15)7-12(4)19/h5-6,8-10H,7H2,1-4H3,(H,17,18). The number of aromatic amines is 1. The minimum absolute atomic E-state index is 0.119. The van der Waals surface area contributed by atoms with Gasteiger partial charge in [-0.1, -0.05) is 26.0 Å². The lowest BCUT2D eigenvalue weighted by molar-refractivity contribution is -0.116. The Morgan fingerprint density at radius 2 is 2.11 bits per heavy atom. The topological polar surface area (TPSA) is 45.8 Å². The van der Waals surface area contributed by atoms with E-state index >= 15 is 0 Å². The van der Waals surface area contributed by atoms with Crippen LogP contribution in [0, 0.1) is 6.92 Å². The van der Waals surface area contributed by atoms with E-state index in [0.29, 0.717) is 12.3 Å². The highest BCUT2D eigenvalue weighted by Gasteiger charge is 2.09. The van der Waals surface area contributed by atoms with Gasteiger partial charge in [-0.05, 0) is 37.0 Å². The number of aromatic nitrogens is 2. The van der Waals surface area contributed by atoms with Crippen molar-refractivity contribution in [3.63, 3.8) is 0 Å². The highest BCUT2D eigenvalue weighted by Crippen LogP contribution is 2.26. The molecule has 19 heavy (non-hydrogen) atoms. The number of rotatable bonds is 4. The van der Waals surface area contributed by atoms with Crippen molar-refractivity contribution in [2.24, 2.45) is 0 Å². The van der Waals surface area contributed by atoms with Gasteiger partial charge in [0.25, 0.3) is 0 Å². The fraction of sp³-hybridized carbons (Fsp3) is 0.375. The molecule has 0 aliphatic heterocycles. The number of carbonyl (C=O) groups is 1. The number of benzene rings is 1. The first-order valence-corrected chi connectivity index (χ1v) is 6.61. The fourth-order valence-corrected chi connectivity index (χ4v) is 2.11. The van der Waals surface area contributed by atoms with Crippen molar-refractivity contribution < 1.29 is 4.79 Å². The SMILES string of the molecule is CC(=O)Cc1ncc(-c2cc(C(C)C)ccc2C)[nH]1. The van der Waals surface area contributed by atoms with Crippen LogP contribution >= 0.6 is 0 Å². The molecule has 0 aliphatic carbocycles. The van der Waals surface area contributed by atoms with E-state index in [4.69, 9.17) is 0 Å². The Balaban J connectivity index is 2.37. The van der Waals surface area contributed by atoms with E-state index in [2.05, 4.69) is 48.9 Å². The van der Waals surface area contributed by atoms with E-state index in [1.54, 1.807) is 6.92 Å². The molecule has 0 atom stereocenters. The van der Waals surface area contributed by atoms with Crippen LogP contribution in [-0.2, 0) is 11.2 Å². The third-order valence-corrected chi connectivity index (χ3v) is 3.26. The Labute approximate surface area is 114 Å². The van der Waals surface area contributed by atoms with Gasteiger partial charge in [-0.2, -0.15) is 0 Å². The van der Waals surface area contributed by atoms with Crippen LogP contribution in [0.5, 0.6) is 0 Å². The van der Waals surface area contributed by atoms with E-state index < -0.39 is 0 Å². The Kier molecular flexibility index (Phi) is 3.84. The number of ketones is 1. The van der Waals surface area contributed by atoms with Gasteiger partial charge in [0.2, 0.25) is 0 Å². The highest BCUT2D eigenvalue weighted by molar-refractivity contribution is 5.77. The number of Topliss-reactive ketones (excluding diaryl/α,β-unsaturated/α-hetero) is 1. The molecule has 1 aromatic heterocycles. The normalized spacial score (nSPS) is 11.0. The number of nitrogens with zero attached hydrogens (tertiary/aromatic N) is 1. The van der Waals surface area contributed by atoms with Crippen molar-refractivity contribution in [1.29, 1.82) is 0 Å². The van der Waals surface area contributed by atoms with Crippen LogP contribution < -0.4 is 0 Å². The second kappa shape index (κ2) is 5.39. The minimum atomic E-state index is 0.119. The van der Waals surface area contributed by atoms with Gasteiger partial charge >= 0.3 is 0 Å². The lowest BCUT2D eigenvalue weighted by Crippen LogP contribution is -1.98. The number of H-pyrrole nitrogens is 1. The first-order chi connectivity index (χ1) is 8.97. The molecule has 1 heterocycles. The van der Waals surface area contributed by atoms with Gasteiger partial charge < -0.3 is 4.98 Å². The van der Waals surface area contributed by atoms with Crippen LogP contribution in [0.4, 0.5) is 0 Å². The van der Waals surface area contributed by atoms with E-state index in [-0.39, 0.29) is 5.78 Å². The minimum Gasteiger partial charge on any atom is -0.342 e. The average Bonchev–Trinajstić information content (AvgIpc) is 2.76. The molecule has 0 aliphatic rings. The van der Waals surface area contributed by atoms with E-state index in [0.717, 1.165) is 17.1 Å². The highest BCUT2D eigenvalue weighted by atomic mass is 16.1. The van der Waals surface area contributed by atoms with Gasteiger partial charge in [-0.15, -0.1) is 0 Å². The van der Waals surface area contributed by atoms with Gasteiger partial charge in [0.15, 0.2) is 0 Å². The summed E-state index contributed by atoms with van der Waals surface area (Å²) in [5.41, 5.74) is 4.66. The Bertz CT molecular complexity index is 597. The number of imidazole rings is 1. The monoisotopic (exact) mass is 256 g/mol. The number of aryl methyl sites for hydroxylation is 1. The molecule has 2 aromatic rings. The summed E-state index contributed by atoms with van der Waals surface area (Å²) in [7, 11) is 0. The molecule has 0 radical (unpaired) electrons. The summed E-state index contributed by atoms with van der Waals surface area (Å²) in [6.45, 7) is 8.03. The molecule has 0 spiro atoms. The lowest BCUT2D eigenvalue weighted by Gasteiger charge is -2.10. The molecule has 0 saturated carbocycles. The molecule has 3 nitrogen and oxygen atoms in total. The van der Waals surface area contributed by atoms with E-state index in [9.17, 15) is 4.79 Å². The second-order valence-corrected chi connectivity index (χ2v) is 5.35. The summed E-state index contributed by atoms with van der Waals surface area (Å²) < 4.78 is 0. The summed E-state index contributed by atoms with van der Waals surface area (Å²) in [6.07, 6.45) is 2.17. The molecular weight excluding hydrogens is 236 g/mol. The van der Waals surface area contributed by atoms with Crippen LogP contribution in [0.25, 0.3) is 11.3 Å². The maximum absolute atomic E-state index is 11.1. The third kappa shape index (κ3) is 3.11. The first-order valence-electron chi connectivity index (χ1n) is 6.61. The van der Waals surface area contributed by atoms with Gasteiger partial charge in [0.1, 0.15) is 11.6 Å². The summed E-state index contributed by atoms with van der Waals surface area (Å²) in [6, 6.07) is 6.50. The first kappa shape index (κ1) is 13.5. The Morgan fingerprint density at radius 3 is 2.74 bits per heavy atom. The van der Waals surface area contributed by atoms with E-state index in [1.165, 1.54) is 11.1 Å². The van der Waals surface area contributed by atoms with Gasteiger partial charge in [-0.25, -0.2) is 4.98 Å². The molecule has 1 N–H and O–H groups in total. The maximum Gasteiger partial charge on any atom is 0.137 e. The lowest BCUT2D eigenvalue weighted by atomic mass is 9.97. The van der Waals surface area contributed by atoms with Crippen LogP contribution in [-0.4, -0.2) is 15.8 Å². The predicted octanol–water partition coefficient (Wildman–Crippen LogP) is 3.64. The summed E-state index contributed by atoms with van der Waals surface area (Å²) in [5, 5.41) is 0. The summed E-state index contributed by atoms with van der Waals surface area (Å²) in [5.74, 6) is 1.35.